The largest absolute Gasteiger partial charge is 0.478 e. The van der Waals surface area contributed by atoms with Gasteiger partial charge in [0.15, 0.2) is 0 Å². The summed E-state index contributed by atoms with van der Waals surface area (Å²) >= 11 is 0. The quantitative estimate of drug-likeness (QED) is 0.648. The molecule has 1 rings (SSSR count). The van der Waals surface area contributed by atoms with Crippen LogP contribution in [0.3, 0.4) is 0 Å². The summed E-state index contributed by atoms with van der Waals surface area (Å²) in [6.07, 6.45) is 1.75. The second kappa shape index (κ2) is 6.16. The molecule has 0 saturated carbocycles. The highest BCUT2D eigenvalue weighted by Crippen LogP contribution is 1.96. The Balaban J connectivity index is 0.000000354. The van der Waals surface area contributed by atoms with Crippen molar-refractivity contribution in [3.63, 3.8) is 0 Å². The average molecular weight is 164 g/mol. The van der Waals surface area contributed by atoms with Crippen LogP contribution in [0, 0.1) is 0 Å². The van der Waals surface area contributed by atoms with Gasteiger partial charge >= 0.3 is 5.97 Å². The Morgan fingerprint density at radius 3 is 2.08 bits per heavy atom. The summed E-state index contributed by atoms with van der Waals surface area (Å²) in [6, 6.07) is 8.30. The molecule has 1 aromatic carbocycles. The van der Waals surface area contributed by atoms with Crippen molar-refractivity contribution in [2.24, 2.45) is 0 Å². The van der Waals surface area contributed by atoms with E-state index in [9.17, 15) is 4.79 Å². The molecule has 0 aliphatic heterocycles. The third kappa shape index (κ3) is 4.28. The number of benzene rings is 1. The van der Waals surface area contributed by atoms with Crippen molar-refractivity contribution in [1.82, 2.24) is 0 Å². The molecule has 1 aromatic rings. The number of rotatable bonds is 1. The van der Waals surface area contributed by atoms with E-state index in [0.29, 0.717) is 5.56 Å². The second-order valence-electron chi connectivity index (χ2n) is 2.08. The van der Waals surface area contributed by atoms with Gasteiger partial charge in [0.2, 0.25) is 0 Å². The van der Waals surface area contributed by atoms with Crippen molar-refractivity contribution in [2.75, 3.05) is 0 Å². The van der Waals surface area contributed by atoms with Crippen LogP contribution in [0.15, 0.2) is 43.0 Å². The highest BCUT2D eigenvalue weighted by Gasteiger charge is 1.96. The molecular formula is C10H12O2. The van der Waals surface area contributed by atoms with E-state index in [1.54, 1.807) is 36.4 Å². The zero-order valence-electron chi connectivity index (χ0n) is 7.03. The van der Waals surface area contributed by atoms with Crippen molar-refractivity contribution < 1.29 is 9.90 Å². The smallest absolute Gasteiger partial charge is 0.335 e. The monoisotopic (exact) mass is 164 g/mol. The molecule has 0 unspecified atom stereocenters. The van der Waals surface area contributed by atoms with Crippen molar-refractivity contribution >= 4 is 5.97 Å². The molecule has 2 nitrogen and oxygen atoms in total. The molecule has 0 aliphatic rings. The van der Waals surface area contributed by atoms with Gasteiger partial charge in [0.25, 0.3) is 0 Å². The van der Waals surface area contributed by atoms with Crippen LogP contribution in [0.1, 0.15) is 17.3 Å². The molecule has 0 bridgehead atoms. The van der Waals surface area contributed by atoms with Crippen molar-refractivity contribution in [1.29, 1.82) is 0 Å². The first-order valence-corrected chi connectivity index (χ1v) is 3.57. The number of carboxylic acid groups (broad SMARTS) is 1. The number of hydrogen-bond donors (Lipinski definition) is 1. The minimum atomic E-state index is -0.879. The first kappa shape index (κ1) is 10.4. The second-order valence-corrected chi connectivity index (χ2v) is 2.08. The summed E-state index contributed by atoms with van der Waals surface area (Å²) in [5.41, 5.74) is 0.331. The molecule has 64 valence electrons. The van der Waals surface area contributed by atoms with Gasteiger partial charge in [0.05, 0.1) is 5.56 Å². The summed E-state index contributed by atoms with van der Waals surface area (Å²) in [5, 5.41) is 8.38. The minimum absolute atomic E-state index is 0.331. The molecule has 0 radical (unpaired) electrons. The SMILES string of the molecule is C=CC.O=C(O)c1ccccc1. The first-order valence-electron chi connectivity index (χ1n) is 3.57. The van der Waals surface area contributed by atoms with Gasteiger partial charge in [-0.1, -0.05) is 24.3 Å². The van der Waals surface area contributed by atoms with Crippen molar-refractivity contribution in [3.05, 3.63) is 48.6 Å². The summed E-state index contributed by atoms with van der Waals surface area (Å²) in [7, 11) is 0. The number of aromatic carboxylic acids is 1. The molecule has 0 aliphatic carbocycles. The molecule has 1 N–H and O–H groups in total. The third-order valence-electron chi connectivity index (χ3n) is 1.02. The van der Waals surface area contributed by atoms with Gasteiger partial charge in [-0.25, -0.2) is 4.79 Å². The van der Waals surface area contributed by atoms with Crippen LogP contribution in [0.25, 0.3) is 0 Å². The van der Waals surface area contributed by atoms with E-state index in [1.807, 2.05) is 6.92 Å². The Labute approximate surface area is 72.2 Å². The number of allylic oxidation sites excluding steroid dienone is 1. The first-order chi connectivity index (χ1) is 5.72. The van der Waals surface area contributed by atoms with Gasteiger partial charge in [-0.05, 0) is 19.1 Å². The van der Waals surface area contributed by atoms with E-state index in [4.69, 9.17) is 5.11 Å². The zero-order valence-corrected chi connectivity index (χ0v) is 7.03. The van der Waals surface area contributed by atoms with E-state index < -0.39 is 5.97 Å². The predicted octanol–water partition coefficient (Wildman–Crippen LogP) is 2.58. The molecule has 0 spiro atoms. The maximum atomic E-state index is 10.2. The van der Waals surface area contributed by atoms with Gasteiger partial charge in [-0.2, -0.15) is 0 Å². The summed E-state index contributed by atoms with van der Waals surface area (Å²) in [6.45, 7) is 5.25. The Bertz CT molecular complexity index is 239. The van der Waals surface area contributed by atoms with Gasteiger partial charge < -0.3 is 5.11 Å². The van der Waals surface area contributed by atoms with Crippen LogP contribution in [0.4, 0.5) is 0 Å². The third-order valence-corrected chi connectivity index (χ3v) is 1.02. The molecule has 0 heterocycles. The molecule has 0 saturated heterocycles. The van der Waals surface area contributed by atoms with Gasteiger partial charge in [-0.15, -0.1) is 6.58 Å². The minimum Gasteiger partial charge on any atom is -0.478 e. The highest BCUT2D eigenvalue weighted by molar-refractivity contribution is 5.87. The lowest BCUT2D eigenvalue weighted by atomic mass is 10.2. The van der Waals surface area contributed by atoms with E-state index >= 15 is 0 Å². The molecule has 0 atom stereocenters. The number of hydrogen-bond acceptors (Lipinski definition) is 1. The van der Waals surface area contributed by atoms with E-state index in [-0.39, 0.29) is 0 Å². The van der Waals surface area contributed by atoms with Crippen LogP contribution in [0.2, 0.25) is 0 Å². The highest BCUT2D eigenvalue weighted by atomic mass is 16.4. The summed E-state index contributed by atoms with van der Waals surface area (Å²) in [4.78, 5) is 10.2. The van der Waals surface area contributed by atoms with Crippen molar-refractivity contribution in [3.8, 4) is 0 Å². The predicted molar refractivity (Wildman–Crippen MR) is 49.3 cm³/mol. The lowest BCUT2D eigenvalue weighted by Gasteiger charge is -1.88. The molecular weight excluding hydrogens is 152 g/mol. The summed E-state index contributed by atoms with van der Waals surface area (Å²) < 4.78 is 0. The fraction of sp³-hybridized carbons (Fsp3) is 0.100. The normalized spacial score (nSPS) is 7.75. The standard InChI is InChI=1S/C7H6O2.C3H6/c8-7(9)6-4-2-1-3-5-6;1-3-2/h1-5H,(H,8,9);3H,1H2,2H3. The van der Waals surface area contributed by atoms with Crippen LogP contribution in [-0.4, -0.2) is 11.1 Å². The van der Waals surface area contributed by atoms with Gasteiger partial charge in [0, 0.05) is 0 Å². The van der Waals surface area contributed by atoms with Crippen molar-refractivity contribution in [2.45, 2.75) is 6.92 Å². The van der Waals surface area contributed by atoms with Crippen LogP contribution in [-0.2, 0) is 0 Å². The Hall–Kier alpha value is -1.57. The molecule has 0 fully saturated rings. The fourth-order valence-corrected chi connectivity index (χ4v) is 0.581. The van der Waals surface area contributed by atoms with E-state index in [2.05, 4.69) is 6.58 Å². The molecule has 12 heavy (non-hydrogen) atoms. The maximum Gasteiger partial charge on any atom is 0.335 e. The van der Waals surface area contributed by atoms with E-state index in [1.165, 1.54) is 0 Å². The average Bonchev–Trinajstić information content (AvgIpc) is 2.07. The topological polar surface area (TPSA) is 37.3 Å². The lowest BCUT2D eigenvalue weighted by molar-refractivity contribution is 0.0697. The van der Waals surface area contributed by atoms with Crippen LogP contribution < -0.4 is 0 Å². The van der Waals surface area contributed by atoms with Gasteiger partial charge in [0.1, 0.15) is 0 Å². The Kier molecular flexibility index (Phi) is 5.35. The van der Waals surface area contributed by atoms with Crippen LogP contribution >= 0.6 is 0 Å². The van der Waals surface area contributed by atoms with Crippen LogP contribution in [0.5, 0.6) is 0 Å². The fourth-order valence-electron chi connectivity index (χ4n) is 0.581. The number of carboxylic acids is 1. The molecule has 2 heteroatoms. The van der Waals surface area contributed by atoms with Gasteiger partial charge in [-0.3, -0.25) is 0 Å². The lowest BCUT2D eigenvalue weighted by Crippen LogP contribution is -1.93. The number of carbonyl (C=O) groups is 1. The maximum absolute atomic E-state index is 10.2. The van der Waals surface area contributed by atoms with E-state index in [0.717, 1.165) is 0 Å². The Morgan fingerprint density at radius 1 is 1.42 bits per heavy atom. The molecule has 0 amide bonds. The molecule has 0 aromatic heterocycles. The zero-order chi connectivity index (χ0) is 9.40. The summed E-state index contributed by atoms with van der Waals surface area (Å²) in [5.74, 6) is -0.879. The Morgan fingerprint density at radius 2 is 1.83 bits per heavy atom.